The normalized spacial score (nSPS) is 10.9. The SMILES string of the molecule is CCOc1cccc(C=NCCNC)c1O. The number of rotatable bonds is 6. The molecule has 4 heteroatoms. The summed E-state index contributed by atoms with van der Waals surface area (Å²) >= 11 is 0. The van der Waals surface area contributed by atoms with Crippen molar-refractivity contribution in [3.63, 3.8) is 0 Å². The van der Waals surface area contributed by atoms with Gasteiger partial charge in [-0.15, -0.1) is 0 Å². The summed E-state index contributed by atoms with van der Waals surface area (Å²) in [5.74, 6) is 0.651. The summed E-state index contributed by atoms with van der Waals surface area (Å²) in [5, 5.41) is 12.8. The number of ether oxygens (including phenoxy) is 1. The highest BCUT2D eigenvalue weighted by Gasteiger charge is 2.04. The van der Waals surface area contributed by atoms with Gasteiger partial charge in [0.15, 0.2) is 11.5 Å². The molecule has 0 unspecified atom stereocenters. The Morgan fingerprint density at radius 1 is 1.50 bits per heavy atom. The fourth-order valence-corrected chi connectivity index (χ4v) is 1.25. The summed E-state index contributed by atoms with van der Waals surface area (Å²) in [6.07, 6.45) is 1.66. The van der Waals surface area contributed by atoms with Crippen molar-refractivity contribution >= 4 is 6.21 Å². The summed E-state index contributed by atoms with van der Waals surface area (Å²) < 4.78 is 5.28. The highest BCUT2D eigenvalue weighted by molar-refractivity contribution is 5.84. The molecule has 2 N–H and O–H groups in total. The lowest BCUT2D eigenvalue weighted by Gasteiger charge is -2.07. The second kappa shape index (κ2) is 6.85. The van der Waals surface area contributed by atoms with Gasteiger partial charge in [-0.3, -0.25) is 4.99 Å². The Morgan fingerprint density at radius 2 is 2.31 bits per heavy atom. The maximum atomic E-state index is 9.84. The minimum Gasteiger partial charge on any atom is -0.504 e. The molecule has 1 aromatic carbocycles. The fourth-order valence-electron chi connectivity index (χ4n) is 1.25. The Hall–Kier alpha value is -1.55. The summed E-state index contributed by atoms with van der Waals surface area (Å²) in [4.78, 5) is 4.19. The molecule has 1 aromatic rings. The number of aromatic hydroxyl groups is 1. The van der Waals surface area contributed by atoms with Crippen LogP contribution in [0.1, 0.15) is 12.5 Å². The van der Waals surface area contributed by atoms with Crippen LogP contribution in [-0.2, 0) is 0 Å². The van der Waals surface area contributed by atoms with E-state index in [2.05, 4.69) is 10.3 Å². The van der Waals surface area contributed by atoms with Crippen LogP contribution >= 0.6 is 0 Å². The smallest absolute Gasteiger partial charge is 0.166 e. The number of nitrogens with one attached hydrogen (secondary N) is 1. The molecule has 0 aliphatic carbocycles. The Balaban J connectivity index is 2.72. The van der Waals surface area contributed by atoms with E-state index in [0.29, 0.717) is 24.5 Å². The van der Waals surface area contributed by atoms with Crippen LogP contribution in [0.4, 0.5) is 0 Å². The Labute approximate surface area is 96.0 Å². The van der Waals surface area contributed by atoms with Crippen LogP contribution in [-0.4, -0.2) is 38.1 Å². The van der Waals surface area contributed by atoms with Crippen molar-refractivity contribution in [2.75, 3.05) is 26.7 Å². The molecular formula is C12H18N2O2. The quantitative estimate of drug-likeness (QED) is 0.565. The molecule has 4 nitrogen and oxygen atoms in total. The van der Waals surface area contributed by atoms with Crippen LogP contribution in [0.2, 0.25) is 0 Å². The van der Waals surface area contributed by atoms with Gasteiger partial charge in [-0.1, -0.05) is 6.07 Å². The van der Waals surface area contributed by atoms with E-state index in [9.17, 15) is 5.11 Å². The number of para-hydroxylation sites is 1. The molecular weight excluding hydrogens is 204 g/mol. The van der Waals surface area contributed by atoms with Crippen molar-refractivity contribution in [3.05, 3.63) is 23.8 Å². The van der Waals surface area contributed by atoms with Crippen LogP contribution < -0.4 is 10.1 Å². The zero-order valence-corrected chi connectivity index (χ0v) is 9.73. The first-order chi connectivity index (χ1) is 7.79. The average Bonchev–Trinajstić information content (AvgIpc) is 2.29. The average molecular weight is 222 g/mol. The minimum absolute atomic E-state index is 0.151. The molecule has 0 spiro atoms. The lowest BCUT2D eigenvalue weighted by molar-refractivity contribution is 0.318. The highest BCUT2D eigenvalue weighted by Crippen LogP contribution is 2.28. The number of hydrogen-bond acceptors (Lipinski definition) is 4. The van der Waals surface area contributed by atoms with E-state index in [4.69, 9.17) is 4.74 Å². The number of phenols is 1. The van der Waals surface area contributed by atoms with Gasteiger partial charge in [-0.2, -0.15) is 0 Å². The molecule has 0 saturated carbocycles. The van der Waals surface area contributed by atoms with Gasteiger partial charge in [0.1, 0.15) is 0 Å². The summed E-state index contributed by atoms with van der Waals surface area (Å²) in [5.41, 5.74) is 0.682. The van der Waals surface area contributed by atoms with Gasteiger partial charge in [-0.25, -0.2) is 0 Å². The first-order valence-corrected chi connectivity index (χ1v) is 5.38. The van der Waals surface area contributed by atoms with Crippen LogP contribution in [0, 0.1) is 0 Å². The fraction of sp³-hybridized carbons (Fsp3) is 0.417. The van der Waals surface area contributed by atoms with Crippen LogP contribution in [0.5, 0.6) is 11.5 Å². The van der Waals surface area contributed by atoms with E-state index < -0.39 is 0 Å². The molecule has 0 aromatic heterocycles. The van der Waals surface area contributed by atoms with Crippen LogP contribution in [0.3, 0.4) is 0 Å². The van der Waals surface area contributed by atoms with E-state index in [1.54, 1.807) is 18.3 Å². The molecule has 0 aliphatic heterocycles. The molecule has 0 atom stereocenters. The van der Waals surface area contributed by atoms with E-state index in [0.717, 1.165) is 6.54 Å². The second-order valence-electron chi connectivity index (χ2n) is 3.27. The molecule has 0 radical (unpaired) electrons. The first-order valence-electron chi connectivity index (χ1n) is 5.38. The number of likely N-dealkylation sites (N-methyl/N-ethyl adjacent to an activating group) is 1. The van der Waals surface area contributed by atoms with E-state index in [1.807, 2.05) is 20.0 Å². The van der Waals surface area contributed by atoms with Crippen molar-refractivity contribution in [3.8, 4) is 11.5 Å². The van der Waals surface area contributed by atoms with Gasteiger partial charge in [-0.05, 0) is 26.1 Å². The molecule has 1 rings (SSSR count). The molecule has 0 aliphatic rings. The molecule has 0 bridgehead atoms. The zero-order chi connectivity index (χ0) is 11.8. The maximum Gasteiger partial charge on any atom is 0.166 e. The molecule has 88 valence electrons. The summed E-state index contributed by atoms with van der Waals surface area (Å²) in [6, 6.07) is 5.38. The molecule has 0 fully saturated rings. The Morgan fingerprint density at radius 3 is 3.00 bits per heavy atom. The summed E-state index contributed by atoms with van der Waals surface area (Å²) in [7, 11) is 1.88. The molecule has 0 saturated heterocycles. The number of hydrogen-bond donors (Lipinski definition) is 2. The Bertz CT molecular complexity index is 351. The first kappa shape index (κ1) is 12.5. The molecule has 0 heterocycles. The monoisotopic (exact) mass is 222 g/mol. The topological polar surface area (TPSA) is 53.8 Å². The highest BCUT2D eigenvalue weighted by atomic mass is 16.5. The lowest BCUT2D eigenvalue weighted by atomic mass is 10.2. The predicted molar refractivity (Wildman–Crippen MR) is 65.7 cm³/mol. The Kier molecular flexibility index (Phi) is 5.36. The molecule has 0 amide bonds. The second-order valence-corrected chi connectivity index (χ2v) is 3.27. The standard InChI is InChI=1S/C12H18N2O2/c1-3-16-11-6-4-5-10(12(11)15)9-14-8-7-13-2/h4-6,9,13,15H,3,7-8H2,1-2H3. The lowest BCUT2D eigenvalue weighted by Crippen LogP contribution is -2.10. The van der Waals surface area contributed by atoms with Gasteiger partial charge in [0.2, 0.25) is 0 Å². The van der Waals surface area contributed by atoms with Crippen molar-refractivity contribution in [2.45, 2.75) is 6.92 Å². The number of aliphatic imine (C=N–C) groups is 1. The zero-order valence-electron chi connectivity index (χ0n) is 9.73. The number of nitrogens with zero attached hydrogens (tertiary/aromatic N) is 1. The molecule has 16 heavy (non-hydrogen) atoms. The van der Waals surface area contributed by atoms with Crippen molar-refractivity contribution in [2.24, 2.45) is 4.99 Å². The van der Waals surface area contributed by atoms with Crippen molar-refractivity contribution in [1.82, 2.24) is 5.32 Å². The third-order valence-corrected chi connectivity index (χ3v) is 2.05. The van der Waals surface area contributed by atoms with Crippen LogP contribution in [0.25, 0.3) is 0 Å². The largest absolute Gasteiger partial charge is 0.504 e. The van der Waals surface area contributed by atoms with Gasteiger partial charge in [0, 0.05) is 18.3 Å². The van der Waals surface area contributed by atoms with Crippen LogP contribution in [0.15, 0.2) is 23.2 Å². The third kappa shape index (κ3) is 3.55. The number of benzene rings is 1. The minimum atomic E-state index is 0.151. The van der Waals surface area contributed by atoms with E-state index in [-0.39, 0.29) is 5.75 Å². The van der Waals surface area contributed by atoms with E-state index >= 15 is 0 Å². The third-order valence-electron chi connectivity index (χ3n) is 2.05. The van der Waals surface area contributed by atoms with E-state index in [1.165, 1.54) is 0 Å². The predicted octanol–water partition coefficient (Wildman–Crippen LogP) is 1.43. The van der Waals surface area contributed by atoms with Gasteiger partial charge in [0.25, 0.3) is 0 Å². The maximum absolute atomic E-state index is 9.84. The van der Waals surface area contributed by atoms with Gasteiger partial charge < -0.3 is 15.2 Å². The summed E-state index contributed by atoms with van der Waals surface area (Å²) in [6.45, 7) is 3.93. The van der Waals surface area contributed by atoms with Gasteiger partial charge >= 0.3 is 0 Å². The van der Waals surface area contributed by atoms with Crippen molar-refractivity contribution < 1.29 is 9.84 Å². The van der Waals surface area contributed by atoms with Crippen molar-refractivity contribution in [1.29, 1.82) is 0 Å². The number of phenolic OH excluding ortho intramolecular Hbond substituents is 1. The van der Waals surface area contributed by atoms with Gasteiger partial charge in [0.05, 0.1) is 13.2 Å².